The molecule has 0 aliphatic rings. The van der Waals surface area contributed by atoms with Crippen LogP contribution in [0.2, 0.25) is 0 Å². The number of rotatable bonds is 6. The summed E-state index contributed by atoms with van der Waals surface area (Å²) < 4.78 is 5.47. The van der Waals surface area contributed by atoms with Crippen molar-refractivity contribution < 1.29 is 4.74 Å². The molecule has 1 unspecified atom stereocenters. The maximum absolute atomic E-state index is 6.20. The zero-order valence-corrected chi connectivity index (χ0v) is 13.8. The second-order valence-corrected chi connectivity index (χ2v) is 6.04. The standard InChI is InChI=1S/C19H23ClO/c1-14-5-4-6-16(9-14)11-17(13-20)12-18-10-15(2)7-8-19(18)21-3/h4-10,17H,11-13H2,1-3H3. The van der Waals surface area contributed by atoms with E-state index in [9.17, 15) is 0 Å². The zero-order chi connectivity index (χ0) is 15.2. The van der Waals surface area contributed by atoms with Gasteiger partial charge in [0.05, 0.1) is 7.11 Å². The summed E-state index contributed by atoms with van der Waals surface area (Å²) in [6, 6.07) is 15.0. The summed E-state index contributed by atoms with van der Waals surface area (Å²) in [5.74, 6) is 2.04. The summed E-state index contributed by atoms with van der Waals surface area (Å²) in [4.78, 5) is 0. The largest absolute Gasteiger partial charge is 0.496 e. The van der Waals surface area contributed by atoms with E-state index >= 15 is 0 Å². The van der Waals surface area contributed by atoms with E-state index in [-0.39, 0.29) is 0 Å². The fourth-order valence-corrected chi connectivity index (χ4v) is 2.95. The molecule has 0 heterocycles. The van der Waals surface area contributed by atoms with Crippen molar-refractivity contribution in [3.8, 4) is 5.75 Å². The molecule has 0 radical (unpaired) electrons. The van der Waals surface area contributed by atoms with Crippen LogP contribution in [0.4, 0.5) is 0 Å². The Morgan fingerprint density at radius 1 is 1.00 bits per heavy atom. The Hall–Kier alpha value is -1.47. The number of hydrogen-bond donors (Lipinski definition) is 0. The number of aryl methyl sites for hydroxylation is 2. The van der Waals surface area contributed by atoms with Gasteiger partial charge in [-0.1, -0.05) is 47.5 Å². The first kappa shape index (κ1) is 15.9. The van der Waals surface area contributed by atoms with Gasteiger partial charge in [-0.05, 0) is 49.8 Å². The van der Waals surface area contributed by atoms with Crippen molar-refractivity contribution in [1.82, 2.24) is 0 Å². The van der Waals surface area contributed by atoms with Gasteiger partial charge >= 0.3 is 0 Å². The van der Waals surface area contributed by atoms with Crippen LogP contribution < -0.4 is 4.74 Å². The maximum atomic E-state index is 6.20. The minimum atomic E-state index is 0.421. The van der Waals surface area contributed by atoms with Gasteiger partial charge in [-0.2, -0.15) is 0 Å². The van der Waals surface area contributed by atoms with Gasteiger partial charge in [0, 0.05) is 5.88 Å². The molecule has 0 N–H and O–H groups in total. The topological polar surface area (TPSA) is 9.23 Å². The van der Waals surface area contributed by atoms with Crippen molar-refractivity contribution in [2.45, 2.75) is 26.7 Å². The molecule has 0 fully saturated rings. The van der Waals surface area contributed by atoms with E-state index in [1.54, 1.807) is 7.11 Å². The molecule has 0 aliphatic carbocycles. The smallest absolute Gasteiger partial charge is 0.122 e. The van der Waals surface area contributed by atoms with Crippen LogP contribution in [0.15, 0.2) is 42.5 Å². The maximum Gasteiger partial charge on any atom is 0.122 e. The molecule has 2 rings (SSSR count). The highest BCUT2D eigenvalue weighted by Crippen LogP contribution is 2.25. The number of ether oxygens (including phenoxy) is 1. The first-order valence-corrected chi connectivity index (χ1v) is 7.91. The monoisotopic (exact) mass is 302 g/mol. The van der Waals surface area contributed by atoms with Crippen molar-refractivity contribution in [3.63, 3.8) is 0 Å². The molecular weight excluding hydrogens is 280 g/mol. The highest BCUT2D eigenvalue weighted by atomic mass is 35.5. The molecule has 21 heavy (non-hydrogen) atoms. The third-order valence-corrected chi connectivity index (χ3v) is 4.21. The van der Waals surface area contributed by atoms with E-state index in [2.05, 4.69) is 50.2 Å². The third-order valence-electron chi connectivity index (χ3n) is 3.77. The van der Waals surface area contributed by atoms with E-state index in [1.165, 1.54) is 22.3 Å². The first-order valence-electron chi connectivity index (χ1n) is 7.37. The van der Waals surface area contributed by atoms with Crippen LogP contribution in [-0.4, -0.2) is 13.0 Å². The second-order valence-electron chi connectivity index (χ2n) is 5.73. The molecule has 0 amide bonds. The van der Waals surface area contributed by atoms with Crippen LogP contribution >= 0.6 is 11.6 Å². The summed E-state index contributed by atoms with van der Waals surface area (Å²) in [6.45, 7) is 4.24. The third kappa shape index (κ3) is 4.50. The predicted molar refractivity (Wildman–Crippen MR) is 90.5 cm³/mol. The number of halogens is 1. The molecule has 0 saturated carbocycles. The Labute approximate surface area is 132 Å². The molecule has 1 nitrogen and oxygen atoms in total. The molecule has 0 aromatic heterocycles. The normalized spacial score (nSPS) is 12.2. The Kier molecular flexibility index (Phi) is 5.69. The highest BCUT2D eigenvalue weighted by Gasteiger charge is 2.13. The van der Waals surface area contributed by atoms with Crippen LogP contribution in [0.5, 0.6) is 5.75 Å². The second kappa shape index (κ2) is 7.51. The minimum Gasteiger partial charge on any atom is -0.496 e. The van der Waals surface area contributed by atoms with Gasteiger partial charge in [0.15, 0.2) is 0 Å². The van der Waals surface area contributed by atoms with E-state index in [1.807, 2.05) is 6.07 Å². The number of alkyl halides is 1. The predicted octanol–water partition coefficient (Wildman–Crippen LogP) is 4.95. The van der Waals surface area contributed by atoms with Crippen molar-refractivity contribution in [2.75, 3.05) is 13.0 Å². The lowest BCUT2D eigenvalue weighted by atomic mass is 9.92. The quantitative estimate of drug-likeness (QED) is 0.686. The SMILES string of the molecule is COc1ccc(C)cc1CC(CCl)Cc1cccc(C)c1. The van der Waals surface area contributed by atoms with Crippen molar-refractivity contribution in [1.29, 1.82) is 0 Å². The lowest BCUT2D eigenvalue weighted by Gasteiger charge is -2.17. The van der Waals surface area contributed by atoms with Crippen LogP contribution in [0.25, 0.3) is 0 Å². The molecule has 0 spiro atoms. The molecule has 1 atom stereocenters. The summed E-state index contributed by atoms with van der Waals surface area (Å²) in [5.41, 5.74) is 5.16. The van der Waals surface area contributed by atoms with Gasteiger partial charge in [0.2, 0.25) is 0 Å². The molecule has 0 saturated heterocycles. The molecule has 2 aromatic rings. The van der Waals surface area contributed by atoms with Gasteiger partial charge in [0.25, 0.3) is 0 Å². The summed E-state index contributed by atoms with van der Waals surface area (Å²) in [6.07, 6.45) is 1.95. The number of hydrogen-bond acceptors (Lipinski definition) is 1. The van der Waals surface area contributed by atoms with Crippen LogP contribution in [0, 0.1) is 19.8 Å². The average molecular weight is 303 g/mol. The summed E-state index contributed by atoms with van der Waals surface area (Å²) in [5, 5.41) is 0. The molecular formula is C19H23ClO. The van der Waals surface area contributed by atoms with E-state index in [0.717, 1.165) is 18.6 Å². The molecule has 0 aliphatic heterocycles. The van der Waals surface area contributed by atoms with Gasteiger partial charge in [-0.15, -0.1) is 11.6 Å². The Morgan fingerprint density at radius 3 is 2.43 bits per heavy atom. The molecule has 112 valence electrons. The van der Waals surface area contributed by atoms with Gasteiger partial charge < -0.3 is 4.74 Å². The van der Waals surface area contributed by atoms with Crippen molar-refractivity contribution in [3.05, 3.63) is 64.7 Å². The molecule has 2 heteroatoms. The Morgan fingerprint density at radius 2 is 1.76 bits per heavy atom. The molecule has 2 aromatic carbocycles. The number of benzene rings is 2. The summed E-state index contributed by atoms with van der Waals surface area (Å²) >= 11 is 6.20. The lowest BCUT2D eigenvalue weighted by molar-refractivity contribution is 0.405. The van der Waals surface area contributed by atoms with Crippen LogP contribution in [0.1, 0.15) is 22.3 Å². The van der Waals surface area contributed by atoms with E-state index < -0.39 is 0 Å². The lowest BCUT2D eigenvalue weighted by Crippen LogP contribution is -2.11. The van der Waals surface area contributed by atoms with Crippen molar-refractivity contribution in [2.24, 2.45) is 5.92 Å². The van der Waals surface area contributed by atoms with Gasteiger partial charge in [0.1, 0.15) is 5.75 Å². The number of methoxy groups -OCH3 is 1. The van der Waals surface area contributed by atoms with Gasteiger partial charge in [-0.25, -0.2) is 0 Å². The molecule has 0 bridgehead atoms. The highest BCUT2D eigenvalue weighted by molar-refractivity contribution is 6.18. The van der Waals surface area contributed by atoms with Crippen LogP contribution in [0.3, 0.4) is 0 Å². The minimum absolute atomic E-state index is 0.421. The van der Waals surface area contributed by atoms with E-state index in [4.69, 9.17) is 16.3 Å². The fourth-order valence-electron chi connectivity index (χ4n) is 2.73. The first-order chi connectivity index (χ1) is 10.1. The van der Waals surface area contributed by atoms with Crippen LogP contribution in [-0.2, 0) is 12.8 Å². The van der Waals surface area contributed by atoms with E-state index in [0.29, 0.717) is 11.8 Å². The van der Waals surface area contributed by atoms with Crippen molar-refractivity contribution >= 4 is 11.6 Å². The van der Waals surface area contributed by atoms with Gasteiger partial charge in [-0.3, -0.25) is 0 Å². The fraction of sp³-hybridized carbons (Fsp3) is 0.368. The average Bonchev–Trinajstić information content (AvgIpc) is 2.47. The zero-order valence-electron chi connectivity index (χ0n) is 13.0. The Balaban J connectivity index is 2.14. The Bertz CT molecular complexity index is 592. The summed E-state index contributed by atoms with van der Waals surface area (Å²) in [7, 11) is 1.73.